The van der Waals surface area contributed by atoms with Gasteiger partial charge in [0.05, 0.1) is 16.3 Å². The van der Waals surface area contributed by atoms with Crippen LogP contribution in [0, 0.1) is 5.82 Å². The third-order valence-corrected chi connectivity index (χ3v) is 3.05. The van der Waals surface area contributed by atoms with Crippen molar-refractivity contribution in [3.8, 4) is 0 Å². The molecule has 1 unspecified atom stereocenters. The second-order valence-corrected chi connectivity index (χ2v) is 3.96. The first-order valence-corrected chi connectivity index (χ1v) is 4.80. The molecule has 13 heavy (non-hydrogen) atoms. The Morgan fingerprint density at radius 3 is 2.92 bits per heavy atom. The minimum Gasteiger partial charge on any atom is -0.322 e. The van der Waals surface area contributed by atoms with Gasteiger partial charge in [-0.15, -0.1) is 11.3 Å². The van der Waals surface area contributed by atoms with Gasteiger partial charge in [0.15, 0.2) is 0 Å². The summed E-state index contributed by atoms with van der Waals surface area (Å²) < 4.78 is 13.8. The summed E-state index contributed by atoms with van der Waals surface area (Å²) in [4.78, 5) is 4.23. The van der Waals surface area contributed by atoms with Gasteiger partial charge in [0, 0.05) is 0 Å². The van der Waals surface area contributed by atoms with Crippen molar-refractivity contribution in [2.24, 2.45) is 5.73 Å². The van der Waals surface area contributed by atoms with Crippen LogP contribution in [0.4, 0.5) is 4.39 Å². The van der Waals surface area contributed by atoms with Crippen molar-refractivity contribution in [3.05, 3.63) is 29.0 Å². The molecule has 0 spiro atoms. The van der Waals surface area contributed by atoms with Crippen LogP contribution in [0.25, 0.3) is 10.2 Å². The van der Waals surface area contributed by atoms with Crippen LogP contribution in [0.3, 0.4) is 0 Å². The van der Waals surface area contributed by atoms with Crippen LogP contribution < -0.4 is 5.73 Å². The maximum Gasteiger partial charge on any atom is 0.142 e. The Balaban J connectivity index is 2.68. The quantitative estimate of drug-likeness (QED) is 0.760. The molecule has 1 heterocycles. The van der Waals surface area contributed by atoms with Gasteiger partial charge < -0.3 is 5.73 Å². The van der Waals surface area contributed by atoms with E-state index in [4.69, 9.17) is 5.73 Å². The van der Waals surface area contributed by atoms with Crippen LogP contribution in [-0.2, 0) is 0 Å². The smallest absolute Gasteiger partial charge is 0.142 e. The Hall–Kier alpha value is -1.00. The fraction of sp³-hybridized carbons (Fsp3) is 0.222. The minimum absolute atomic E-state index is 0.128. The SMILES string of the molecule is CC(N)c1nc2cccc(F)c2s1. The van der Waals surface area contributed by atoms with Crippen molar-refractivity contribution >= 4 is 21.6 Å². The Bertz CT molecular complexity index is 436. The predicted octanol–water partition coefficient (Wildman–Crippen LogP) is 2.46. The number of nitrogens with two attached hydrogens (primary N) is 1. The lowest BCUT2D eigenvalue weighted by atomic mass is 10.3. The molecule has 2 rings (SSSR count). The summed E-state index contributed by atoms with van der Waals surface area (Å²) in [6.07, 6.45) is 0. The molecule has 0 saturated carbocycles. The average molecular weight is 196 g/mol. The first kappa shape index (κ1) is 8.59. The van der Waals surface area contributed by atoms with Gasteiger partial charge in [-0.1, -0.05) is 6.07 Å². The zero-order chi connectivity index (χ0) is 9.42. The fourth-order valence-corrected chi connectivity index (χ4v) is 2.05. The largest absolute Gasteiger partial charge is 0.322 e. The van der Waals surface area contributed by atoms with E-state index in [2.05, 4.69) is 4.98 Å². The minimum atomic E-state index is -0.220. The summed E-state index contributed by atoms with van der Waals surface area (Å²) in [6, 6.07) is 4.76. The third-order valence-electron chi connectivity index (χ3n) is 1.77. The van der Waals surface area contributed by atoms with Gasteiger partial charge in [-0.3, -0.25) is 0 Å². The highest BCUT2D eigenvalue weighted by atomic mass is 32.1. The lowest BCUT2D eigenvalue weighted by Crippen LogP contribution is -2.03. The number of rotatable bonds is 1. The van der Waals surface area contributed by atoms with E-state index in [9.17, 15) is 4.39 Å². The molecule has 0 aliphatic rings. The van der Waals surface area contributed by atoms with Gasteiger partial charge >= 0.3 is 0 Å². The number of hydrogen-bond acceptors (Lipinski definition) is 3. The van der Waals surface area contributed by atoms with Gasteiger partial charge in [0.1, 0.15) is 10.8 Å². The Labute approximate surface area is 79.2 Å². The molecule has 1 aromatic heterocycles. The predicted molar refractivity (Wildman–Crippen MR) is 52.2 cm³/mol. The molecule has 0 radical (unpaired) electrons. The highest BCUT2D eigenvalue weighted by molar-refractivity contribution is 7.18. The molecule has 0 aliphatic carbocycles. The zero-order valence-electron chi connectivity index (χ0n) is 7.12. The molecule has 0 saturated heterocycles. The molecule has 0 bridgehead atoms. The summed E-state index contributed by atoms with van der Waals surface area (Å²) in [5.74, 6) is -0.220. The number of halogens is 1. The van der Waals surface area contributed by atoms with Gasteiger partial charge in [-0.25, -0.2) is 9.37 Å². The van der Waals surface area contributed by atoms with Crippen molar-refractivity contribution in [2.45, 2.75) is 13.0 Å². The Kier molecular flexibility index (Phi) is 2.01. The Morgan fingerprint density at radius 1 is 1.54 bits per heavy atom. The van der Waals surface area contributed by atoms with Gasteiger partial charge in [-0.2, -0.15) is 0 Å². The van der Waals surface area contributed by atoms with Crippen LogP contribution in [-0.4, -0.2) is 4.98 Å². The molecule has 68 valence electrons. The fourth-order valence-electron chi connectivity index (χ4n) is 1.13. The third kappa shape index (κ3) is 1.43. The van der Waals surface area contributed by atoms with E-state index in [1.165, 1.54) is 17.4 Å². The van der Waals surface area contributed by atoms with E-state index < -0.39 is 0 Å². The average Bonchev–Trinajstić information content (AvgIpc) is 2.49. The number of thiazole rings is 1. The lowest BCUT2D eigenvalue weighted by Gasteiger charge is -1.95. The molecule has 0 amide bonds. The summed E-state index contributed by atoms with van der Waals surface area (Å²) in [7, 11) is 0. The van der Waals surface area contributed by atoms with Gasteiger partial charge in [0.25, 0.3) is 0 Å². The molecule has 1 atom stereocenters. The van der Waals surface area contributed by atoms with Crippen molar-refractivity contribution < 1.29 is 4.39 Å². The molecular formula is C9H9FN2S. The van der Waals surface area contributed by atoms with Crippen LogP contribution in [0.1, 0.15) is 18.0 Å². The van der Waals surface area contributed by atoms with E-state index in [1.807, 2.05) is 6.92 Å². The van der Waals surface area contributed by atoms with Gasteiger partial charge in [0.2, 0.25) is 0 Å². The maximum atomic E-state index is 13.2. The highest BCUT2D eigenvalue weighted by Gasteiger charge is 2.09. The zero-order valence-corrected chi connectivity index (χ0v) is 7.94. The Morgan fingerprint density at radius 2 is 2.31 bits per heavy atom. The first-order valence-electron chi connectivity index (χ1n) is 3.99. The molecule has 1 aromatic carbocycles. The summed E-state index contributed by atoms with van der Waals surface area (Å²) >= 11 is 1.32. The van der Waals surface area contributed by atoms with Crippen molar-refractivity contribution in [2.75, 3.05) is 0 Å². The second kappa shape index (κ2) is 3.05. The normalized spacial score (nSPS) is 13.5. The second-order valence-electron chi connectivity index (χ2n) is 2.93. The molecule has 2 nitrogen and oxygen atoms in total. The van der Waals surface area contributed by atoms with Crippen LogP contribution in [0.15, 0.2) is 18.2 Å². The number of aromatic nitrogens is 1. The van der Waals surface area contributed by atoms with Crippen molar-refractivity contribution in [1.82, 2.24) is 4.98 Å². The lowest BCUT2D eigenvalue weighted by molar-refractivity contribution is 0.641. The van der Waals surface area contributed by atoms with Crippen LogP contribution in [0.2, 0.25) is 0 Å². The van der Waals surface area contributed by atoms with E-state index in [0.29, 0.717) is 10.2 Å². The first-order chi connectivity index (χ1) is 6.18. The molecule has 2 N–H and O–H groups in total. The molecule has 4 heteroatoms. The van der Waals surface area contributed by atoms with Gasteiger partial charge in [-0.05, 0) is 19.1 Å². The van der Waals surface area contributed by atoms with E-state index in [-0.39, 0.29) is 11.9 Å². The van der Waals surface area contributed by atoms with E-state index in [1.54, 1.807) is 12.1 Å². The molecule has 2 aromatic rings. The van der Waals surface area contributed by atoms with Crippen molar-refractivity contribution in [3.63, 3.8) is 0 Å². The topological polar surface area (TPSA) is 38.9 Å². The van der Waals surface area contributed by atoms with Crippen LogP contribution >= 0.6 is 11.3 Å². The number of hydrogen-bond donors (Lipinski definition) is 1. The van der Waals surface area contributed by atoms with E-state index in [0.717, 1.165) is 5.01 Å². The summed E-state index contributed by atoms with van der Waals surface area (Å²) in [5.41, 5.74) is 6.35. The molecule has 0 aliphatic heterocycles. The van der Waals surface area contributed by atoms with Crippen molar-refractivity contribution in [1.29, 1.82) is 0 Å². The summed E-state index contributed by atoms with van der Waals surface area (Å²) in [6.45, 7) is 1.84. The monoisotopic (exact) mass is 196 g/mol. The standard InChI is InChI=1S/C9H9FN2S/c1-5(11)9-12-7-4-2-3-6(10)8(7)13-9/h2-5H,11H2,1H3. The number of nitrogens with zero attached hydrogens (tertiary/aromatic N) is 1. The highest BCUT2D eigenvalue weighted by Crippen LogP contribution is 2.27. The van der Waals surface area contributed by atoms with Crippen LogP contribution in [0.5, 0.6) is 0 Å². The number of fused-ring (bicyclic) bond motifs is 1. The van der Waals surface area contributed by atoms with E-state index >= 15 is 0 Å². The molecule has 0 fully saturated rings. The maximum absolute atomic E-state index is 13.2. The number of benzene rings is 1. The molecular weight excluding hydrogens is 187 g/mol. The summed E-state index contributed by atoms with van der Waals surface area (Å²) in [5, 5.41) is 0.778.